The molecule has 0 aliphatic heterocycles. The van der Waals surface area contributed by atoms with Crippen LogP contribution < -0.4 is 10.6 Å². The van der Waals surface area contributed by atoms with Gasteiger partial charge in [-0.2, -0.15) is 0 Å². The van der Waals surface area contributed by atoms with Gasteiger partial charge in [0.1, 0.15) is 12.6 Å². The van der Waals surface area contributed by atoms with Crippen molar-refractivity contribution in [1.82, 2.24) is 5.32 Å². The zero-order valence-corrected chi connectivity index (χ0v) is 19.9. The van der Waals surface area contributed by atoms with Gasteiger partial charge in [-0.1, -0.05) is 81.4 Å². The molecule has 3 aromatic carbocycles. The van der Waals surface area contributed by atoms with Gasteiger partial charge in [0, 0.05) is 5.92 Å². The second-order valence-corrected chi connectivity index (χ2v) is 9.61. The van der Waals surface area contributed by atoms with E-state index in [1.165, 1.54) is 6.07 Å². The van der Waals surface area contributed by atoms with E-state index in [0.29, 0.717) is 0 Å². The third-order valence-electron chi connectivity index (χ3n) is 6.14. The van der Waals surface area contributed by atoms with Crippen LogP contribution in [0, 0.1) is 5.41 Å². The SMILES string of the molecule is CC(C)(C)[C@H](NC(=O)c1ccccc1NC(=O)OCC1c2ccccc2-c2ccccc21)C(=O)O. The average molecular weight is 473 g/mol. The molecule has 0 heterocycles. The summed E-state index contributed by atoms with van der Waals surface area (Å²) >= 11 is 0. The minimum Gasteiger partial charge on any atom is -0.480 e. The Kier molecular flexibility index (Phi) is 6.60. The first kappa shape index (κ1) is 24.0. The Morgan fingerprint density at radius 1 is 0.886 bits per heavy atom. The fraction of sp³-hybridized carbons (Fsp3) is 0.250. The average Bonchev–Trinajstić information content (AvgIpc) is 3.14. The first-order valence-electron chi connectivity index (χ1n) is 11.4. The van der Waals surface area contributed by atoms with Crippen molar-refractivity contribution in [2.24, 2.45) is 5.41 Å². The highest BCUT2D eigenvalue weighted by Gasteiger charge is 2.33. The number of carboxylic acid groups (broad SMARTS) is 1. The highest BCUT2D eigenvalue weighted by atomic mass is 16.5. The molecule has 0 unspecified atom stereocenters. The van der Waals surface area contributed by atoms with E-state index in [9.17, 15) is 19.5 Å². The Bertz CT molecular complexity index is 1230. The molecule has 0 aromatic heterocycles. The Labute approximate surface area is 204 Å². The molecule has 2 amide bonds. The normalized spacial score (nSPS) is 13.3. The summed E-state index contributed by atoms with van der Waals surface area (Å²) < 4.78 is 5.58. The lowest BCUT2D eigenvalue weighted by molar-refractivity contribution is -0.142. The zero-order valence-electron chi connectivity index (χ0n) is 19.9. The molecule has 1 atom stereocenters. The van der Waals surface area contributed by atoms with Gasteiger partial charge in [-0.25, -0.2) is 9.59 Å². The lowest BCUT2D eigenvalue weighted by atomic mass is 9.86. The smallest absolute Gasteiger partial charge is 0.411 e. The molecule has 0 saturated carbocycles. The number of amides is 2. The van der Waals surface area contributed by atoms with Crippen LogP contribution in [-0.2, 0) is 9.53 Å². The second-order valence-electron chi connectivity index (χ2n) is 9.61. The maximum absolute atomic E-state index is 12.9. The lowest BCUT2D eigenvalue weighted by Crippen LogP contribution is -2.49. The van der Waals surface area contributed by atoms with Crippen LogP contribution in [0.1, 0.15) is 48.2 Å². The maximum Gasteiger partial charge on any atom is 0.411 e. The maximum atomic E-state index is 12.9. The summed E-state index contributed by atoms with van der Waals surface area (Å²) in [6.07, 6.45) is -0.697. The molecule has 35 heavy (non-hydrogen) atoms. The predicted octanol–water partition coefficient (Wildman–Crippen LogP) is 5.28. The molecule has 7 heteroatoms. The van der Waals surface area contributed by atoms with Crippen molar-refractivity contribution >= 4 is 23.7 Å². The molecule has 7 nitrogen and oxygen atoms in total. The number of anilines is 1. The van der Waals surface area contributed by atoms with Crippen molar-refractivity contribution in [2.45, 2.75) is 32.7 Å². The highest BCUT2D eigenvalue weighted by molar-refractivity contribution is 6.04. The summed E-state index contributed by atoms with van der Waals surface area (Å²) in [4.78, 5) is 37.2. The van der Waals surface area contributed by atoms with Crippen LogP contribution in [0.4, 0.5) is 10.5 Å². The van der Waals surface area contributed by atoms with Crippen molar-refractivity contribution in [2.75, 3.05) is 11.9 Å². The number of ether oxygens (including phenoxy) is 1. The van der Waals surface area contributed by atoms with Gasteiger partial charge < -0.3 is 15.2 Å². The van der Waals surface area contributed by atoms with Crippen molar-refractivity contribution in [1.29, 1.82) is 0 Å². The number of hydrogen-bond acceptors (Lipinski definition) is 4. The van der Waals surface area contributed by atoms with Crippen LogP contribution in [0.2, 0.25) is 0 Å². The van der Waals surface area contributed by atoms with Gasteiger partial charge in [0.2, 0.25) is 0 Å². The second kappa shape index (κ2) is 9.62. The van der Waals surface area contributed by atoms with E-state index in [1.807, 2.05) is 36.4 Å². The molecule has 1 aliphatic carbocycles. The van der Waals surface area contributed by atoms with Crippen LogP contribution in [0.15, 0.2) is 72.8 Å². The van der Waals surface area contributed by atoms with E-state index in [-0.39, 0.29) is 23.8 Å². The number of carbonyl (C=O) groups is 3. The fourth-order valence-corrected chi connectivity index (χ4v) is 4.39. The number of para-hydroxylation sites is 1. The van der Waals surface area contributed by atoms with Crippen molar-refractivity contribution in [3.05, 3.63) is 89.5 Å². The molecule has 0 fully saturated rings. The van der Waals surface area contributed by atoms with E-state index in [0.717, 1.165) is 22.3 Å². The molecule has 0 bridgehead atoms. The van der Waals surface area contributed by atoms with E-state index in [1.54, 1.807) is 39.0 Å². The Hall–Kier alpha value is -4.13. The highest BCUT2D eigenvalue weighted by Crippen LogP contribution is 2.44. The Morgan fingerprint density at radius 2 is 1.43 bits per heavy atom. The number of carboxylic acids is 1. The molecular weight excluding hydrogens is 444 g/mol. The number of carbonyl (C=O) groups excluding carboxylic acids is 2. The van der Waals surface area contributed by atoms with Gasteiger partial charge in [0.15, 0.2) is 0 Å². The largest absolute Gasteiger partial charge is 0.480 e. The minimum absolute atomic E-state index is 0.0881. The molecule has 4 rings (SSSR count). The molecule has 0 spiro atoms. The van der Waals surface area contributed by atoms with Gasteiger partial charge in [-0.3, -0.25) is 10.1 Å². The molecule has 0 radical (unpaired) electrons. The van der Waals surface area contributed by atoms with Gasteiger partial charge in [0.05, 0.1) is 11.3 Å². The van der Waals surface area contributed by atoms with Crippen molar-refractivity contribution in [3.8, 4) is 11.1 Å². The summed E-state index contributed by atoms with van der Waals surface area (Å²) in [5, 5.41) is 14.7. The summed E-state index contributed by atoms with van der Waals surface area (Å²) in [6, 6.07) is 21.4. The van der Waals surface area contributed by atoms with Crippen LogP contribution >= 0.6 is 0 Å². The quantitative estimate of drug-likeness (QED) is 0.453. The van der Waals surface area contributed by atoms with Crippen LogP contribution in [-0.4, -0.2) is 35.7 Å². The Balaban J connectivity index is 1.47. The number of fused-ring (bicyclic) bond motifs is 3. The predicted molar refractivity (Wildman–Crippen MR) is 133 cm³/mol. The van der Waals surface area contributed by atoms with Crippen molar-refractivity contribution in [3.63, 3.8) is 0 Å². The van der Waals surface area contributed by atoms with Crippen LogP contribution in [0.25, 0.3) is 11.1 Å². The number of hydrogen-bond donors (Lipinski definition) is 3. The number of aliphatic carboxylic acids is 1. The molecule has 3 N–H and O–H groups in total. The van der Waals surface area contributed by atoms with Gasteiger partial charge in [-0.05, 0) is 39.8 Å². The van der Waals surface area contributed by atoms with E-state index in [4.69, 9.17) is 4.74 Å². The zero-order chi connectivity index (χ0) is 25.2. The molecule has 180 valence electrons. The van der Waals surface area contributed by atoms with E-state index >= 15 is 0 Å². The first-order chi connectivity index (χ1) is 16.7. The monoisotopic (exact) mass is 472 g/mol. The van der Waals surface area contributed by atoms with Crippen molar-refractivity contribution < 1.29 is 24.2 Å². The number of nitrogens with one attached hydrogen (secondary N) is 2. The third-order valence-corrected chi connectivity index (χ3v) is 6.14. The fourth-order valence-electron chi connectivity index (χ4n) is 4.39. The summed E-state index contributed by atoms with van der Waals surface area (Å²) in [5.74, 6) is -1.82. The molecule has 0 saturated heterocycles. The Morgan fingerprint density at radius 3 is 2.00 bits per heavy atom. The van der Waals surface area contributed by atoms with E-state index < -0.39 is 29.4 Å². The summed E-state index contributed by atoms with van der Waals surface area (Å²) in [5.41, 5.74) is 4.15. The third kappa shape index (κ3) is 5.04. The minimum atomic E-state index is -1.13. The molecule has 3 aromatic rings. The van der Waals surface area contributed by atoms with Gasteiger partial charge in [-0.15, -0.1) is 0 Å². The summed E-state index contributed by atoms with van der Waals surface area (Å²) in [6.45, 7) is 5.33. The van der Waals surface area contributed by atoms with Crippen LogP contribution in [0.5, 0.6) is 0 Å². The van der Waals surface area contributed by atoms with Gasteiger partial charge in [0.25, 0.3) is 5.91 Å². The molecular formula is C28H28N2O5. The number of benzene rings is 3. The first-order valence-corrected chi connectivity index (χ1v) is 11.4. The lowest BCUT2D eigenvalue weighted by Gasteiger charge is -2.28. The molecule has 1 aliphatic rings. The van der Waals surface area contributed by atoms with E-state index in [2.05, 4.69) is 22.8 Å². The van der Waals surface area contributed by atoms with Gasteiger partial charge >= 0.3 is 12.1 Å². The standard InChI is InChI=1S/C28H28N2O5/c1-28(2,3)24(26(32)33)30-25(31)21-14-8-9-15-23(21)29-27(34)35-16-22-19-12-6-4-10-17(19)18-11-5-7-13-20(18)22/h4-15,22,24H,16H2,1-3H3,(H,29,34)(H,30,31)(H,32,33)/t24-/m1/s1. The summed E-state index contributed by atoms with van der Waals surface area (Å²) in [7, 11) is 0. The van der Waals surface area contributed by atoms with Crippen LogP contribution in [0.3, 0.4) is 0 Å². The topological polar surface area (TPSA) is 105 Å². The number of rotatable bonds is 6.